The molecule has 266 valence electrons. The van der Waals surface area contributed by atoms with Crippen LogP contribution in [0.4, 0.5) is 17.1 Å². The van der Waals surface area contributed by atoms with Crippen LogP contribution in [0, 0.1) is 0 Å². The highest BCUT2D eigenvalue weighted by Crippen LogP contribution is 2.47. The van der Waals surface area contributed by atoms with Gasteiger partial charge in [-0.25, -0.2) is 0 Å². The minimum atomic E-state index is 1.11. The average molecular weight is 743 g/mol. The normalized spacial score (nSPS) is 11.9. The van der Waals surface area contributed by atoms with E-state index in [1.807, 2.05) is 11.3 Å². The maximum atomic E-state index is 2.49. The first-order valence-corrected chi connectivity index (χ1v) is 20.3. The summed E-state index contributed by atoms with van der Waals surface area (Å²) in [4.78, 5) is 2.49. The fraction of sp³-hybridized carbons (Fsp3) is 0. The van der Waals surface area contributed by atoms with Crippen LogP contribution in [0.1, 0.15) is 0 Å². The molecule has 3 heteroatoms. The number of aromatic nitrogens is 1. The molecule has 2 heterocycles. The summed E-state index contributed by atoms with van der Waals surface area (Å²) in [6.45, 7) is 0. The first-order valence-electron chi connectivity index (χ1n) is 19.5. The lowest BCUT2D eigenvalue weighted by Crippen LogP contribution is -2.11. The van der Waals surface area contributed by atoms with Crippen molar-refractivity contribution in [1.29, 1.82) is 0 Å². The number of fused-ring (bicyclic) bond motifs is 10. The summed E-state index contributed by atoms with van der Waals surface area (Å²) in [5, 5.41) is 12.5. The lowest BCUT2D eigenvalue weighted by molar-refractivity contribution is 1.18. The SMILES string of the molecule is c1ccc(-c2cc(N(c3ccc4sc5cc6ccccc6cc5c4c3)c3ccc4c(c3)c3ccc5ccccc5c3n4-c3ccccc3)c3ccccc3c2)cc1. The molecule has 0 spiro atoms. The maximum absolute atomic E-state index is 2.49. The van der Waals surface area contributed by atoms with Crippen molar-refractivity contribution in [3.63, 3.8) is 0 Å². The Morgan fingerprint density at radius 2 is 0.982 bits per heavy atom. The second-order valence-electron chi connectivity index (χ2n) is 15.0. The molecular weight excluding hydrogens is 709 g/mol. The van der Waals surface area contributed by atoms with Crippen LogP contribution < -0.4 is 4.90 Å². The number of anilines is 3. The van der Waals surface area contributed by atoms with Crippen LogP contribution >= 0.6 is 11.3 Å². The molecule has 2 nitrogen and oxygen atoms in total. The molecule has 0 fully saturated rings. The first kappa shape index (κ1) is 32.1. The fourth-order valence-corrected chi connectivity index (χ4v) is 10.2. The predicted molar refractivity (Wildman–Crippen MR) is 246 cm³/mol. The van der Waals surface area contributed by atoms with E-state index in [1.165, 1.54) is 85.4 Å². The third kappa shape index (κ3) is 5.10. The third-order valence-corrected chi connectivity index (χ3v) is 12.8. The van der Waals surface area contributed by atoms with Crippen LogP contribution in [0.5, 0.6) is 0 Å². The van der Waals surface area contributed by atoms with E-state index in [-0.39, 0.29) is 0 Å². The molecule has 12 rings (SSSR count). The second kappa shape index (κ2) is 12.7. The molecule has 0 amide bonds. The van der Waals surface area contributed by atoms with Gasteiger partial charge in [0.2, 0.25) is 0 Å². The minimum Gasteiger partial charge on any atom is -0.310 e. The summed E-state index contributed by atoms with van der Waals surface area (Å²) in [6.07, 6.45) is 0. The maximum Gasteiger partial charge on any atom is 0.0619 e. The van der Waals surface area contributed by atoms with Crippen LogP contribution in [-0.2, 0) is 0 Å². The number of benzene rings is 10. The van der Waals surface area contributed by atoms with Gasteiger partial charge >= 0.3 is 0 Å². The summed E-state index contributed by atoms with van der Waals surface area (Å²) in [7, 11) is 0. The molecule has 0 bridgehead atoms. The van der Waals surface area contributed by atoms with Gasteiger partial charge < -0.3 is 9.47 Å². The molecule has 0 atom stereocenters. The quantitative estimate of drug-likeness (QED) is 0.170. The molecule has 0 saturated carbocycles. The highest BCUT2D eigenvalue weighted by molar-refractivity contribution is 7.25. The second-order valence-corrected chi connectivity index (χ2v) is 16.0. The van der Waals surface area contributed by atoms with Crippen LogP contribution in [0.25, 0.3) is 91.1 Å². The molecule has 2 aromatic heterocycles. The molecule has 57 heavy (non-hydrogen) atoms. The Kier molecular flexibility index (Phi) is 7.13. The molecular formula is C54H34N2S. The number of para-hydroxylation sites is 1. The number of hydrogen-bond donors (Lipinski definition) is 0. The molecule has 10 aromatic carbocycles. The van der Waals surface area contributed by atoms with E-state index in [4.69, 9.17) is 0 Å². The number of thiophene rings is 1. The third-order valence-electron chi connectivity index (χ3n) is 11.7. The Morgan fingerprint density at radius 3 is 1.79 bits per heavy atom. The van der Waals surface area contributed by atoms with Crippen molar-refractivity contribution in [3.8, 4) is 16.8 Å². The molecule has 0 N–H and O–H groups in total. The first-order chi connectivity index (χ1) is 28.2. The zero-order valence-corrected chi connectivity index (χ0v) is 31.7. The van der Waals surface area contributed by atoms with Gasteiger partial charge in [-0.05, 0) is 105 Å². The molecule has 12 aromatic rings. The summed E-state index contributed by atoms with van der Waals surface area (Å²) < 4.78 is 5.05. The standard InChI is InChI=1S/C54H34N2S/c1-3-13-35(14-4-1)40-29-39-18-10-11-21-44(39)51(31-40)55(43-25-28-52-49(34-43)48-30-37-16-7-8-17-38(37)32-53(48)57-52)42-24-27-50-47(33-42)46-26-23-36-15-9-12-22-45(36)54(46)56(50)41-19-5-2-6-20-41/h1-34H. The van der Waals surface area contributed by atoms with Crippen molar-refractivity contribution < 1.29 is 0 Å². The summed E-state index contributed by atoms with van der Waals surface area (Å²) in [6, 6.07) is 75.9. The van der Waals surface area contributed by atoms with E-state index in [1.54, 1.807) is 0 Å². The molecule has 0 aliphatic rings. The summed E-state index contributed by atoms with van der Waals surface area (Å²) >= 11 is 1.87. The van der Waals surface area contributed by atoms with Gasteiger partial charge in [-0.2, -0.15) is 0 Å². The van der Waals surface area contributed by atoms with Crippen molar-refractivity contribution in [3.05, 3.63) is 206 Å². The van der Waals surface area contributed by atoms with Gasteiger partial charge in [-0.1, -0.05) is 133 Å². The average Bonchev–Trinajstić information content (AvgIpc) is 3.81. The lowest BCUT2D eigenvalue weighted by Gasteiger charge is -2.28. The van der Waals surface area contributed by atoms with Crippen LogP contribution in [0.2, 0.25) is 0 Å². The Morgan fingerprint density at radius 1 is 0.351 bits per heavy atom. The molecule has 0 aliphatic heterocycles. The van der Waals surface area contributed by atoms with Gasteiger partial charge in [-0.3, -0.25) is 0 Å². The van der Waals surface area contributed by atoms with E-state index in [9.17, 15) is 0 Å². The topological polar surface area (TPSA) is 8.17 Å². The van der Waals surface area contributed by atoms with E-state index in [0.29, 0.717) is 0 Å². The van der Waals surface area contributed by atoms with Crippen molar-refractivity contribution >= 4 is 103 Å². The summed E-state index contributed by atoms with van der Waals surface area (Å²) in [5.74, 6) is 0. The van der Waals surface area contributed by atoms with E-state index in [2.05, 4.69) is 216 Å². The molecule has 0 saturated heterocycles. The molecule has 0 radical (unpaired) electrons. The molecule has 0 aliphatic carbocycles. The van der Waals surface area contributed by atoms with Gasteiger partial charge in [0.15, 0.2) is 0 Å². The van der Waals surface area contributed by atoms with Crippen LogP contribution in [0.3, 0.4) is 0 Å². The smallest absolute Gasteiger partial charge is 0.0619 e. The summed E-state index contributed by atoms with van der Waals surface area (Å²) in [5.41, 5.74) is 9.35. The monoisotopic (exact) mass is 742 g/mol. The van der Waals surface area contributed by atoms with Crippen molar-refractivity contribution in [2.45, 2.75) is 0 Å². The van der Waals surface area contributed by atoms with Gasteiger partial charge in [0, 0.05) is 58.8 Å². The number of nitrogens with zero attached hydrogens (tertiary/aromatic N) is 2. The minimum absolute atomic E-state index is 1.11. The van der Waals surface area contributed by atoms with E-state index < -0.39 is 0 Å². The highest BCUT2D eigenvalue weighted by atomic mass is 32.1. The van der Waals surface area contributed by atoms with Gasteiger partial charge in [-0.15, -0.1) is 11.3 Å². The van der Waals surface area contributed by atoms with E-state index >= 15 is 0 Å². The lowest BCUT2D eigenvalue weighted by atomic mass is 9.98. The zero-order valence-electron chi connectivity index (χ0n) is 30.9. The Balaban J connectivity index is 1.17. The fourth-order valence-electron chi connectivity index (χ4n) is 9.04. The highest BCUT2D eigenvalue weighted by Gasteiger charge is 2.22. The van der Waals surface area contributed by atoms with Crippen molar-refractivity contribution in [1.82, 2.24) is 4.57 Å². The number of hydrogen-bond acceptors (Lipinski definition) is 2. The Bertz CT molecular complexity index is 3520. The Labute approximate surface area is 333 Å². The van der Waals surface area contributed by atoms with Gasteiger partial charge in [0.1, 0.15) is 0 Å². The van der Waals surface area contributed by atoms with Gasteiger partial charge in [0.25, 0.3) is 0 Å². The predicted octanol–water partition coefficient (Wildman–Crippen LogP) is 15.7. The van der Waals surface area contributed by atoms with Crippen molar-refractivity contribution in [2.75, 3.05) is 4.90 Å². The van der Waals surface area contributed by atoms with Crippen LogP contribution in [-0.4, -0.2) is 4.57 Å². The van der Waals surface area contributed by atoms with Gasteiger partial charge in [0.05, 0.1) is 16.7 Å². The van der Waals surface area contributed by atoms with Crippen LogP contribution in [0.15, 0.2) is 206 Å². The molecule has 0 unspecified atom stereocenters. The largest absolute Gasteiger partial charge is 0.310 e. The zero-order chi connectivity index (χ0) is 37.5. The van der Waals surface area contributed by atoms with E-state index in [0.717, 1.165) is 22.7 Å². The Hall–Kier alpha value is -7.20. The number of rotatable bonds is 5. The van der Waals surface area contributed by atoms with Crippen molar-refractivity contribution in [2.24, 2.45) is 0 Å².